The van der Waals surface area contributed by atoms with Crippen molar-refractivity contribution >= 4 is 33.8 Å². The predicted octanol–water partition coefficient (Wildman–Crippen LogP) is 4.37. The Hall–Kier alpha value is -3.74. The van der Waals surface area contributed by atoms with Crippen LogP contribution in [0.5, 0.6) is 0 Å². The van der Waals surface area contributed by atoms with Gasteiger partial charge in [0, 0.05) is 24.7 Å². The van der Waals surface area contributed by atoms with E-state index in [1.165, 1.54) is 4.31 Å². The molecule has 1 fully saturated rings. The number of aryl methyl sites for hydroxylation is 2. The fourth-order valence-corrected chi connectivity index (χ4v) is 5.73. The average Bonchev–Trinajstić information content (AvgIpc) is 3.25. The largest absolute Gasteiger partial charge is 0.355 e. The van der Waals surface area contributed by atoms with Gasteiger partial charge in [-0.15, -0.1) is 0 Å². The molecule has 0 radical (unpaired) electrons. The van der Waals surface area contributed by atoms with Gasteiger partial charge in [0.05, 0.1) is 11.6 Å². The van der Waals surface area contributed by atoms with Crippen molar-refractivity contribution in [3.63, 3.8) is 0 Å². The molecule has 2 heterocycles. The minimum absolute atomic E-state index is 0.0568. The van der Waals surface area contributed by atoms with Gasteiger partial charge in [0.1, 0.15) is 5.69 Å². The summed E-state index contributed by atoms with van der Waals surface area (Å²) in [6, 6.07) is 16.5. The van der Waals surface area contributed by atoms with Crippen LogP contribution in [0.2, 0.25) is 0 Å². The zero-order valence-corrected chi connectivity index (χ0v) is 20.4. The van der Waals surface area contributed by atoms with Gasteiger partial charge in [-0.2, -0.15) is 9.57 Å². The normalized spacial score (nSPS) is 15.2. The number of anilines is 1. The van der Waals surface area contributed by atoms with E-state index in [1.807, 2.05) is 37.3 Å². The molecular formula is C26H26N4O4S. The monoisotopic (exact) mass is 490 g/mol. The molecule has 0 bridgehead atoms. The molecule has 9 heteroatoms. The molecule has 1 N–H and O–H groups in total. The number of hydrogen-bond donors (Lipinski definition) is 1. The Morgan fingerprint density at radius 1 is 1.09 bits per heavy atom. The van der Waals surface area contributed by atoms with Crippen molar-refractivity contribution in [2.45, 2.75) is 31.6 Å². The average molecular weight is 491 g/mol. The van der Waals surface area contributed by atoms with Gasteiger partial charge in [-0.1, -0.05) is 41.1 Å². The summed E-state index contributed by atoms with van der Waals surface area (Å²) in [6.45, 7) is 4.05. The van der Waals surface area contributed by atoms with Crippen molar-refractivity contribution < 1.29 is 17.7 Å². The van der Waals surface area contributed by atoms with Crippen molar-refractivity contribution in [1.29, 1.82) is 5.26 Å². The SMILES string of the molecule is Cc1ccc(/C=C/c2onc(C)c2S(=O)(=O)N2CCC(C(=O)Nc3ccc(C#N)cc3)CC2)cc1. The van der Waals surface area contributed by atoms with Crippen molar-refractivity contribution in [2.24, 2.45) is 5.92 Å². The van der Waals surface area contributed by atoms with Gasteiger partial charge in [-0.3, -0.25) is 4.79 Å². The topological polar surface area (TPSA) is 116 Å². The number of rotatable bonds is 6. The highest BCUT2D eigenvalue weighted by molar-refractivity contribution is 7.89. The molecule has 1 amide bonds. The molecule has 1 aliphatic rings. The number of nitriles is 1. The molecule has 0 saturated carbocycles. The third-order valence-corrected chi connectivity index (χ3v) is 8.10. The predicted molar refractivity (Wildman–Crippen MR) is 133 cm³/mol. The molecule has 180 valence electrons. The van der Waals surface area contributed by atoms with Crippen molar-refractivity contribution in [3.05, 3.63) is 76.7 Å². The first-order chi connectivity index (χ1) is 16.8. The number of nitrogens with one attached hydrogen (secondary N) is 1. The lowest BCUT2D eigenvalue weighted by Crippen LogP contribution is -2.41. The van der Waals surface area contributed by atoms with Crippen LogP contribution in [0.3, 0.4) is 0 Å². The van der Waals surface area contributed by atoms with E-state index >= 15 is 0 Å². The maximum Gasteiger partial charge on any atom is 0.248 e. The first kappa shape index (κ1) is 24.4. The molecule has 0 spiro atoms. The number of hydrogen-bond acceptors (Lipinski definition) is 6. The van der Waals surface area contributed by atoms with Crippen LogP contribution in [0.15, 0.2) is 57.9 Å². The summed E-state index contributed by atoms with van der Waals surface area (Å²) in [5, 5.41) is 15.6. The summed E-state index contributed by atoms with van der Waals surface area (Å²) in [5.41, 5.74) is 3.47. The molecule has 1 aliphatic heterocycles. The van der Waals surface area contributed by atoms with E-state index in [-0.39, 0.29) is 35.6 Å². The smallest absolute Gasteiger partial charge is 0.248 e. The van der Waals surface area contributed by atoms with E-state index < -0.39 is 10.0 Å². The molecule has 4 rings (SSSR count). The van der Waals surface area contributed by atoms with E-state index in [2.05, 4.69) is 10.5 Å². The van der Waals surface area contributed by atoms with Crippen LogP contribution < -0.4 is 5.32 Å². The fraction of sp³-hybridized carbons (Fsp3) is 0.269. The van der Waals surface area contributed by atoms with Crippen LogP contribution >= 0.6 is 0 Å². The lowest BCUT2D eigenvalue weighted by atomic mass is 9.97. The number of amides is 1. The summed E-state index contributed by atoms with van der Waals surface area (Å²) in [6.07, 6.45) is 4.22. The molecule has 1 saturated heterocycles. The van der Waals surface area contributed by atoms with E-state index in [0.29, 0.717) is 29.8 Å². The highest BCUT2D eigenvalue weighted by Gasteiger charge is 2.35. The Labute approximate surface area is 204 Å². The minimum atomic E-state index is -3.84. The Morgan fingerprint density at radius 2 is 1.74 bits per heavy atom. The second-order valence-corrected chi connectivity index (χ2v) is 10.4. The highest BCUT2D eigenvalue weighted by Crippen LogP contribution is 2.29. The minimum Gasteiger partial charge on any atom is -0.355 e. The molecule has 2 aromatic carbocycles. The van der Waals surface area contributed by atoms with Crippen molar-refractivity contribution in [2.75, 3.05) is 18.4 Å². The molecule has 0 aliphatic carbocycles. The number of piperidine rings is 1. The highest BCUT2D eigenvalue weighted by atomic mass is 32.2. The lowest BCUT2D eigenvalue weighted by Gasteiger charge is -2.30. The van der Waals surface area contributed by atoms with E-state index in [1.54, 1.807) is 43.3 Å². The third kappa shape index (κ3) is 5.50. The number of sulfonamides is 1. The maximum atomic E-state index is 13.4. The molecule has 8 nitrogen and oxygen atoms in total. The van der Waals surface area contributed by atoms with Gasteiger partial charge in [0.25, 0.3) is 0 Å². The maximum absolute atomic E-state index is 13.4. The van der Waals surface area contributed by atoms with Crippen LogP contribution in [-0.2, 0) is 14.8 Å². The standard InChI is InChI=1S/C26H26N4O4S/c1-18-3-5-20(6-4-18)9-12-24-25(19(2)29-34-24)35(32,33)30-15-13-22(14-16-30)26(31)28-23-10-7-21(17-27)8-11-23/h3-12,22H,13-16H2,1-2H3,(H,28,31)/b12-9+. The number of nitrogens with zero attached hydrogens (tertiary/aromatic N) is 3. The number of benzene rings is 2. The Balaban J connectivity index is 1.43. The number of aromatic nitrogens is 1. The van der Waals surface area contributed by atoms with Crippen LogP contribution in [0.25, 0.3) is 12.2 Å². The quantitative estimate of drug-likeness (QED) is 0.548. The van der Waals surface area contributed by atoms with E-state index in [9.17, 15) is 13.2 Å². The van der Waals surface area contributed by atoms with Crippen molar-refractivity contribution in [3.8, 4) is 6.07 Å². The molecule has 3 aromatic rings. The second-order valence-electron chi connectivity index (χ2n) is 8.56. The van der Waals surface area contributed by atoms with Gasteiger partial charge in [-0.05, 0) is 62.6 Å². The van der Waals surface area contributed by atoms with Gasteiger partial charge >= 0.3 is 0 Å². The first-order valence-corrected chi connectivity index (χ1v) is 12.7. The third-order valence-electron chi connectivity index (χ3n) is 6.04. The molecule has 1 aromatic heterocycles. The fourth-order valence-electron chi connectivity index (χ4n) is 4.01. The summed E-state index contributed by atoms with van der Waals surface area (Å²) >= 11 is 0. The Bertz CT molecular complexity index is 1380. The zero-order valence-electron chi connectivity index (χ0n) is 19.6. The lowest BCUT2D eigenvalue weighted by molar-refractivity contribution is -0.120. The van der Waals surface area contributed by atoms with Gasteiger partial charge in [-0.25, -0.2) is 8.42 Å². The first-order valence-electron chi connectivity index (χ1n) is 11.3. The zero-order chi connectivity index (χ0) is 25.0. The summed E-state index contributed by atoms with van der Waals surface area (Å²) < 4.78 is 33.6. The summed E-state index contributed by atoms with van der Waals surface area (Å²) in [5.74, 6) is -0.278. The van der Waals surface area contributed by atoms with Gasteiger partial charge < -0.3 is 9.84 Å². The van der Waals surface area contributed by atoms with Crippen LogP contribution in [-0.4, -0.2) is 36.9 Å². The Morgan fingerprint density at radius 3 is 2.37 bits per heavy atom. The van der Waals surface area contributed by atoms with Gasteiger partial charge in [0.15, 0.2) is 10.7 Å². The van der Waals surface area contributed by atoms with Crippen LogP contribution in [0.1, 0.15) is 41.0 Å². The molecule has 0 unspecified atom stereocenters. The van der Waals surface area contributed by atoms with Crippen molar-refractivity contribution in [1.82, 2.24) is 9.46 Å². The molecule has 0 atom stereocenters. The second kappa shape index (κ2) is 10.3. The number of carbonyl (C=O) groups is 1. The number of carbonyl (C=O) groups excluding carboxylic acids is 1. The summed E-state index contributed by atoms with van der Waals surface area (Å²) in [4.78, 5) is 12.7. The van der Waals surface area contributed by atoms with Crippen LogP contribution in [0.4, 0.5) is 5.69 Å². The van der Waals surface area contributed by atoms with Gasteiger partial charge in [0.2, 0.25) is 15.9 Å². The van der Waals surface area contributed by atoms with E-state index in [4.69, 9.17) is 9.78 Å². The molecular weight excluding hydrogens is 464 g/mol. The molecule has 35 heavy (non-hydrogen) atoms. The summed E-state index contributed by atoms with van der Waals surface area (Å²) in [7, 11) is -3.84. The van der Waals surface area contributed by atoms with Crippen LogP contribution in [0, 0.1) is 31.1 Å². The van der Waals surface area contributed by atoms with E-state index in [0.717, 1.165) is 11.1 Å². The Kier molecular flexibility index (Phi) is 7.15.